The molecule has 25 heavy (non-hydrogen) atoms. The smallest absolute Gasteiger partial charge is 0.191 e. The van der Waals surface area contributed by atoms with Crippen molar-refractivity contribution in [1.29, 1.82) is 0 Å². The zero-order valence-electron chi connectivity index (χ0n) is 16.1. The monoisotopic (exact) mass is 462 g/mol. The topological polar surface area (TPSA) is 67.1 Å². The SMILES string of the molecule is CCNC(=NCCCC(C)C)NCCc1nnc2n1CCCCC2.I. The number of aromatic nitrogens is 3. The molecular weight excluding hydrogens is 427 g/mol. The van der Waals surface area contributed by atoms with Crippen LogP contribution in [-0.2, 0) is 19.4 Å². The summed E-state index contributed by atoms with van der Waals surface area (Å²) in [5.41, 5.74) is 0. The van der Waals surface area contributed by atoms with Crippen LogP contribution in [0.2, 0.25) is 0 Å². The third kappa shape index (κ3) is 7.92. The van der Waals surface area contributed by atoms with Crippen LogP contribution in [0.5, 0.6) is 0 Å². The molecule has 0 saturated heterocycles. The second-order valence-electron chi connectivity index (χ2n) is 6.97. The highest BCUT2D eigenvalue weighted by atomic mass is 127. The number of aliphatic imine (C=N–C) groups is 1. The zero-order chi connectivity index (χ0) is 17.2. The molecule has 0 aromatic carbocycles. The van der Waals surface area contributed by atoms with Crippen LogP contribution in [0.25, 0.3) is 0 Å². The Labute approximate surface area is 169 Å². The van der Waals surface area contributed by atoms with Gasteiger partial charge in [-0.1, -0.05) is 20.3 Å². The van der Waals surface area contributed by atoms with Crippen molar-refractivity contribution < 1.29 is 0 Å². The van der Waals surface area contributed by atoms with Crippen molar-refractivity contribution in [1.82, 2.24) is 25.4 Å². The number of nitrogens with one attached hydrogen (secondary N) is 2. The molecule has 0 fully saturated rings. The first kappa shape index (κ1) is 22.2. The highest BCUT2D eigenvalue weighted by molar-refractivity contribution is 14.0. The first-order chi connectivity index (χ1) is 11.7. The number of fused-ring (bicyclic) bond motifs is 1. The van der Waals surface area contributed by atoms with Crippen molar-refractivity contribution in [3.63, 3.8) is 0 Å². The molecule has 0 spiro atoms. The van der Waals surface area contributed by atoms with E-state index in [9.17, 15) is 0 Å². The van der Waals surface area contributed by atoms with E-state index in [1.165, 1.54) is 25.7 Å². The lowest BCUT2D eigenvalue weighted by atomic mass is 10.1. The maximum absolute atomic E-state index is 4.66. The molecule has 1 aliphatic heterocycles. The van der Waals surface area contributed by atoms with Gasteiger partial charge in [0.05, 0.1) is 0 Å². The van der Waals surface area contributed by atoms with E-state index in [1.807, 2.05) is 0 Å². The third-order valence-corrected chi connectivity index (χ3v) is 4.38. The number of hydrogen-bond donors (Lipinski definition) is 2. The number of rotatable bonds is 8. The summed E-state index contributed by atoms with van der Waals surface area (Å²) in [7, 11) is 0. The Balaban J connectivity index is 0.00000312. The number of hydrogen-bond acceptors (Lipinski definition) is 3. The predicted octanol–water partition coefficient (Wildman–Crippen LogP) is 3.16. The van der Waals surface area contributed by atoms with Gasteiger partial charge in [0.2, 0.25) is 0 Å². The lowest BCUT2D eigenvalue weighted by molar-refractivity contribution is 0.560. The molecule has 0 atom stereocenters. The van der Waals surface area contributed by atoms with E-state index in [1.54, 1.807) is 0 Å². The molecule has 0 radical (unpaired) electrons. The number of halogens is 1. The molecule has 0 amide bonds. The highest BCUT2D eigenvalue weighted by Gasteiger charge is 2.14. The minimum atomic E-state index is 0. The van der Waals surface area contributed by atoms with Crippen molar-refractivity contribution in [2.75, 3.05) is 19.6 Å². The Kier molecular flexibility index (Phi) is 11.1. The maximum Gasteiger partial charge on any atom is 0.191 e. The molecule has 0 aliphatic carbocycles. The van der Waals surface area contributed by atoms with E-state index in [2.05, 4.69) is 51.2 Å². The van der Waals surface area contributed by atoms with Crippen LogP contribution in [0.4, 0.5) is 0 Å². The van der Waals surface area contributed by atoms with Gasteiger partial charge in [-0.05, 0) is 38.5 Å². The average molecular weight is 462 g/mol. The molecule has 1 aliphatic rings. The number of aryl methyl sites for hydroxylation is 1. The first-order valence-corrected chi connectivity index (χ1v) is 9.63. The Morgan fingerprint density at radius 2 is 2.04 bits per heavy atom. The third-order valence-electron chi connectivity index (χ3n) is 4.38. The van der Waals surface area contributed by atoms with Gasteiger partial charge < -0.3 is 15.2 Å². The summed E-state index contributed by atoms with van der Waals surface area (Å²) in [6.45, 7) is 10.3. The lowest BCUT2D eigenvalue weighted by Crippen LogP contribution is -2.38. The van der Waals surface area contributed by atoms with Gasteiger partial charge in [0.1, 0.15) is 11.6 Å². The predicted molar refractivity (Wildman–Crippen MR) is 115 cm³/mol. The Morgan fingerprint density at radius 1 is 1.20 bits per heavy atom. The summed E-state index contributed by atoms with van der Waals surface area (Å²) < 4.78 is 2.32. The minimum Gasteiger partial charge on any atom is -0.357 e. The van der Waals surface area contributed by atoms with Crippen LogP contribution >= 0.6 is 24.0 Å². The second-order valence-corrected chi connectivity index (χ2v) is 6.97. The molecular formula is C18H35IN6. The van der Waals surface area contributed by atoms with Crippen LogP contribution in [-0.4, -0.2) is 40.4 Å². The summed E-state index contributed by atoms with van der Waals surface area (Å²) in [4.78, 5) is 4.66. The molecule has 2 N–H and O–H groups in total. The van der Waals surface area contributed by atoms with Gasteiger partial charge in [0, 0.05) is 39.0 Å². The molecule has 7 heteroatoms. The fourth-order valence-corrected chi connectivity index (χ4v) is 3.06. The summed E-state index contributed by atoms with van der Waals surface area (Å²) in [5.74, 6) is 3.93. The molecule has 1 aromatic rings. The van der Waals surface area contributed by atoms with Crippen LogP contribution in [0, 0.1) is 5.92 Å². The van der Waals surface area contributed by atoms with E-state index in [-0.39, 0.29) is 24.0 Å². The van der Waals surface area contributed by atoms with Gasteiger partial charge in [-0.25, -0.2) is 0 Å². The molecule has 6 nitrogen and oxygen atoms in total. The second kappa shape index (κ2) is 12.5. The Hall–Kier alpha value is -0.860. The number of nitrogens with zero attached hydrogens (tertiary/aromatic N) is 4. The van der Waals surface area contributed by atoms with Crippen molar-refractivity contribution in [3.05, 3.63) is 11.6 Å². The van der Waals surface area contributed by atoms with Gasteiger partial charge in [-0.15, -0.1) is 34.2 Å². The van der Waals surface area contributed by atoms with Crippen LogP contribution in [0.1, 0.15) is 64.5 Å². The van der Waals surface area contributed by atoms with Crippen molar-refractivity contribution >= 4 is 29.9 Å². The van der Waals surface area contributed by atoms with E-state index in [0.717, 1.165) is 69.0 Å². The van der Waals surface area contributed by atoms with E-state index < -0.39 is 0 Å². The molecule has 144 valence electrons. The fraction of sp³-hybridized carbons (Fsp3) is 0.833. The molecule has 2 rings (SSSR count). The molecule has 0 bridgehead atoms. The minimum absolute atomic E-state index is 0. The van der Waals surface area contributed by atoms with Gasteiger partial charge in [0.15, 0.2) is 5.96 Å². The summed E-state index contributed by atoms with van der Waals surface area (Å²) >= 11 is 0. The molecule has 0 unspecified atom stereocenters. The van der Waals surface area contributed by atoms with Crippen LogP contribution in [0.3, 0.4) is 0 Å². The van der Waals surface area contributed by atoms with Crippen LogP contribution in [0.15, 0.2) is 4.99 Å². The van der Waals surface area contributed by atoms with Crippen molar-refractivity contribution in [3.8, 4) is 0 Å². The van der Waals surface area contributed by atoms with Crippen LogP contribution < -0.4 is 10.6 Å². The van der Waals surface area contributed by atoms with Gasteiger partial charge in [-0.2, -0.15) is 0 Å². The number of guanidine groups is 1. The summed E-state index contributed by atoms with van der Waals surface area (Å²) in [6, 6.07) is 0. The maximum atomic E-state index is 4.66. The van der Waals surface area contributed by atoms with E-state index in [4.69, 9.17) is 0 Å². The standard InChI is InChI=1S/C18H34N6.HI/c1-4-19-18(20-12-8-9-15(2)3)21-13-11-17-23-22-16-10-6-5-7-14-24(16)17;/h15H,4-14H2,1-3H3,(H2,19,20,21);1H. The largest absolute Gasteiger partial charge is 0.357 e. The first-order valence-electron chi connectivity index (χ1n) is 9.63. The Morgan fingerprint density at radius 3 is 2.80 bits per heavy atom. The highest BCUT2D eigenvalue weighted by Crippen LogP contribution is 2.14. The summed E-state index contributed by atoms with van der Waals surface area (Å²) in [5, 5.41) is 15.5. The van der Waals surface area contributed by atoms with Gasteiger partial charge in [0.25, 0.3) is 0 Å². The molecule has 1 aromatic heterocycles. The van der Waals surface area contributed by atoms with Crippen molar-refractivity contribution in [2.45, 2.75) is 72.3 Å². The molecule has 0 saturated carbocycles. The van der Waals surface area contributed by atoms with Gasteiger partial charge >= 0.3 is 0 Å². The van der Waals surface area contributed by atoms with E-state index >= 15 is 0 Å². The Bertz CT molecular complexity index is 512. The molecule has 2 heterocycles. The van der Waals surface area contributed by atoms with Gasteiger partial charge in [-0.3, -0.25) is 4.99 Å². The quantitative estimate of drug-likeness (QED) is 0.270. The van der Waals surface area contributed by atoms with E-state index in [0.29, 0.717) is 0 Å². The zero-order valence-corrected chi connectivity index (χ0v) is 18.4. The fourth-order valence-electron chi connectivity index (χ4n) is 3.06. The van der Waals surface area contributed by atoms with Crippen molar-refractivity contribution in [2.24, 2.45) is 10.9 Å². The average Bonchev–Trinajstić information content (AvgIpc) is 2.79. The lowest BCUT2D eigenvalue weighted by Gasteiger charge is -2.12. The normalized spacial score (nSPS) is 14.6. The summed E-state index contributed by atoms with van der Waals surface area (Å²) in [6.07, 6.45) is 8.12.